The molecule has 0 aliphatic heterocycles. The van der Waals surface area contributed by atoms with Crippen molar-refractivity contribution in [1.82, 2.24) is 10.2 Å². The van der Waals surface area contributed by atoms with Crippen molar-refractivity contribution in [3.63, 3.8) is 0 Å². The molecule has 0 fully saturated rings. The van der Waals surface area contributed by atoms with Crippen molar-refractivity contribution in [2.45, 2.75) is 6.42 Å². The Bertz CT molecular complexity index is 335. The maximum atomic E-state index is 11.7. The molecule has 0 unspecified atom stereocenters. The Morgan fingerprint density at radius 1 is 1.31 bits per heavy atom. The van der Waals surface area contributed by atoms with Crippen LogP contribution in [0.15, 0.2) is 28.7 Å². The molecule has 0 saturated heterocycles. The van der Waals surface area contributed by atoms with Crippen molar-refractivity contribution >= 4 is 21.8 Å². The van der Waals surface area contributed by atoms with Crippen LogP contribution in [0, 0.1) is 0 Å². The minimum atomic E-state index is -0.00810. The number of carbonyl (C=O) groups is 1. The summed E-state index contributed by atoms with van der Waals surface area (Å²) in [6.45, 7) is 1.70. The van der Waals surface area contributed by atoms with Crippen molar-refractivity contribution in [2.75, 3.05) is 27.2 Å². The van der Waals surface area contributed by atoms with Crippen LogP contribution in [-0.4, -0.2) is 38.0 Å². The third-order valence-electron chi connectivity index (χ3n) is 2.17. The SMILES string of the molecule is CN(C)CCCNC(=O)c1ccc(Br)cc1. The van der Waals surface area contributed by atoms with Gasteiger partial charge in [-0.25, -0.2) is 0 Å². The Hall–Kier alpha value is -0.870. The highest BCUT2D eigenvalue weighted by Crippen LogP contribution is 2.10. The summed E-state index contributed by atoms with van der Waals surface area (Å²) < 4.78 is 0.983. The maximum absolute atomic E-state index is 11.7. The lowest BCUT2D eigenvalue weighted by Crippen LogP contribution is -2.27. The molecule has 0 bridgehead atoms. The number of rotatable bonds is 5. The van der Waals surface area contributed by atoms with Crippen LogP contribution in [0.3, 0.4) is 0 Å². The zero-order chi connectivity index (χ0) is 12.0. The number of benzene rings is 1. The lowest BCUT2D eigenvalue weighted by Gasteiger charge is -2.09. The Morgan fingerprint density at radius 3 is 2.50 bits per heavy atom. The van der Waals surface area contributed by atoms with E-state index < -0.39 is 0 Å². The van der Waals surface area contributed by atoms with Gasteiger partial charge in [-0.2, -0.15) is 0 Å². The van der Waals surface area contributed by atoms with Gasteiger partial charge in [-0.3, -0.25) is 4.79 Å². The number of hydrogen-bond donors (Lipinski definition) is 1. The van der Waals surface area contributed by atoms with Gasteiger partial charge in [0.25, 0.3) is 5.91 Å². The molecule has 0 saturated carbocycles. The Morgan fingerprint density at radius 2 is 1.94 bits per heavy atom. The molecule has 1 amide bonds. The van der Waals surface area contributed by atoms with Gasteiger partial charge in [0, 0.05) is 16.6 Å². The van der Waals surface area contributed by atoms with Crippen molar-refractivity contribution in [3.8, 4) is 0 Å². The summed E-state index contributed by atoms with van der Waals surface area (Å²) >= 11 is 3.34. The lowest BCUT2D eigenvalue weighted by molar-refractivity contribution is 0.0952. The molecule has 1 rings (SSSR count). The minimum absolute atomic E-state index is 0.00810. The highest BCUT2D eigenvalue weighted by Gasteiger charge is 2.03. The third kappa shape index (κ3) is 4.77. The molecule has 3 nitrogen and oxygen atoms in total. The lowest BCUT2D eigenvalue weighted by atomic mass is 10.2. The molecule has 0 radical (unpaired) electrons. The maximum Gasteiger partial charge on any atom is 0.251 e. The fraction of sp³-hybridized carbons (Fsp3) is 0.417. The van der Waals surface area contributed by atoms with E-state index in [2.05, 4.69) is 26.1 Å². The summed E-state index contributed by atoms with van der Waals surface area (Å²) in [4.78, 5) is 13.8. The first-order chi connectivity index (χ1) is 7.59. The first kappa shape index (κ1) is 13.2. The van der Waals surface area contributed by atoms with Gasteiger partial charge in [0.1, 0.15) is 0 Å². The van der Waals surface area contributed by atoms with Crippen LogP contribution in [0.5, 0.6) is 0 Å². The molecule has 0 aliphatic carbocycles. The summed E-state index contributed by atoms with van der Waals surface area (Å²) in [7, 11) is 4.05. The third-order valence-corrected chi connectivity index (χ3v) is 2.70. The van der Waals surface area contributed by atoms with E-state index in [-0.39, 0.29) is 5.91 Å². The van der Waals surface area contributed by atoms with E-state index in [4.69, 9.17) is 0 Å². The van der Waals surface area contributed by atoms with Gasteiger partial charge in [0.15, 0.2) is 0 Å². The zero-order valence-electron chi connectivity index (χ0n) is 9.66. The molecule has 0 heterocycles. The number of hydrogen-bond acceptors (Lipinski definition) is 2. The molecule has 1 aromatic rings. The molecule has 0 spiro atoms. The van der Waals surface area contributed by atoms with Crippen LogP contribution >= 0.6 is 15.9 Å². The second-order valence-corrected chi connectivity index (χ2v) is 4.84. The number of carbonyl (C=O) groups excluding carboxylic acids is 1. The fourth-order valence-electron chi connectivity index (χ4n) is 1.30. The van der Waals surface area contributed by atoms with Gasteiger partial charge < -0.3 is 10.2 Å². The van der Waals surface area contributed by atoms with E-state index in [9.17, 15) is 4.79 Å². The highest BCUT2D eigenvalue weighted by molar-refractivity contribution is 9.10. The molecule has 16 heavy (non-hydrogen) atoms. The molecule has 4 heteroatoms. The van der Waals surface area contributed by atoms with Gasteiger partial charge in [-0.15, -0.1) is 0 Å². The van der Waals surface area contributed by atoms with Crippen LogP contribution in [0.25, 0.3) is 0 Å². The smallest absolute Gasteiger partial charge is 0.251 e. The highest BCUT2D eigenvalue weighted by atomic mass is 79.9. The Kier molecular flexibility index (Phi) is 5.49. The molecule has 88 valence electrons. The van der Waals surface area contributed by atoms with E-state index >= 15 is 0 Å². The second kappa shape index (κ2) is 6.66. The van der Waals surface area contributed by atoms with Crippen LogP contribution < -0.4 is 5.32 Å². The normalized spacial score (nSPS) is 10.5. The van der Waals surface area contributed by atoms with Gasteiger partial charge in [-0.1, -0.05) is 15.9 Å². The Labute approximate surface area is 105 Å². The molecule has 0 aromatic heterocycles. The van der Waals surface area contributed by atoms with E-state index in [1.807, 2.05) is 38.4 Å². The molecule has 0 atom stereocenters. The van der Waals surface area contributed by atoms with E-state index in [0.717, 1.165) is 17.4 Å². The van der Waals surface area contributed by atoms with Crippen molar-refractivity contribution < 1.29 is 4.79 Å². The second-order valence-electron chi connectivity index (χ2n) is 3.92. The average Bonchev–Trinajstić information content (AvgIpc) is 2.25. The van der Waals surface area contributed by atoms with Gasteiger partial charge >= 0.3 is 0 Å². The summed E-state index contributed by atoms with van der Waals surface area (Å²) in [6.07, 6.45) is 0.968. The summed E-state index contributed by atoms with van der Waals surface area (Å²) in [6, 6.07) is 7.36. The van der Waals surface area contributed by atoms with Crippen molar-refractivity contribution in [1.29, 1.82) is 0 Å². The number of nitrogens with one attached hydrogen (secondary N) is 1. The van der Waals surface area contributed by atoms with Crippen LogP contribution in [0.1, 0.15) is 16.8 Å². The number of nitrogens with zero attached hydrogens (tertiary/aromatic N) is 1. The number of halogens is 1. The predicted molar refractivity (Wildman–Crippen MR) is 69.6 cm³/mol. The molecule has 0 aliphatic rings. The summed E-state index contributed by atoms with van der Waals surface area (Å²) in [5.41, 5.74) is 0.702. The van der Waals surface area contributed by atoms with Crippen LogP contribution in [0.4, 0.5) is 0 Å². The predicted octanol–water partition coefficient (Wildman–Crippen LogP) is 2.13. The molecule has 1 N–H and O–H groups in total. The standard InChI is InChI=1S/C12H17BrN2O/c1-15(2)9-3-8-14-12(16)10-4-6-11(13)7-5-10/h4-7H,3,8-9H2,1-2H3,(H,14,16). The summed E-state index contributed by atoms with van der Waals surface area (Å²) in [5, 5.41) is 2.89. The van der Waals surface area contributed by atoms with Crippen LogP contribution in [0.2, 0.25) is 0 Å². The number of amides is 1. The quantitative estimate of drug-likeness (QED) is 0.841. The Balaban J connectivity index is 2.32. The van der Waals surface area contributed by atoms with Crippen molar-refractivity contribution in [3.05, 3.63) is 34.3 Å². The minimum Gasteiger partial charge on any atom is -0.352 e. The average molecular weight is 285 g/mol. The van der Waals surface area contributed by atoms with Gasteiger partial charge in [-0.05, 0) is 51.3 Å². The first-order valence-corrected chi connectivity index (χ1v) is 6.07. The van der Waals surface area contributed by atoms with Crippen LogP contribution in [-0.2, 0) is 0 Å². The molecule has 1 aromatic carbocycles. The van der Waals surface area contributed by atoms with E-state index in [1.54, 1.807) is 0 Å². The summed E-state index contributed by atoms with van der Waals surface area (Å²) in [5.74, 6) is -0.00810. The van der Waals surface area contributed by atoms with Gasteiger partial charge in [0.05, 0.1) is 0 Å². The molecular formula is C12H17BrN2O. The van der Waals surface area contributed by atoms with E-state index in [1.165, 1.54) is 0 Å². The molecular weight excluding hydrogens is 268 g/mol. The topological polar surface area (TPSA) is 32.3 Å². The van der Waals surface area contributed by atoms with Crippen molar-refractivity contribution in [2.24, 2.45) is 0 Å². The zero-order valence-corrected chi connectivity index (χ0v) is 11.3. The first-order valence-electron chi connectivity index (χ1n) is 5.28. The monoisotopic (exact) mass is 284 g/mol. The fourth-order valence-corrected chi connectivity index (χ4v) is 1.56. The van der Waals surface area contributed by atoms with Gasteiger partial charge in [0.2, 0.25) is 0 Å². The van der Waals surface area contributed by atoms with E-state index in [0.29, 0.717) is 12.1 Å². The largest absolute Gasteiger partial charge is 0.352 e.